The summed E-state index contributed by atoms with van der Waals surface area (Å²) in [6, 6.07) is 6.12. The van der Waals surface area contributed by atoms with E-state index in [-0.39, 0.29) is 17.7 Å². The molecule has 1 aromatic rings. The van der Waals surface area contributed by atoms with Gasteiger partial charge >= 0.3 is 5.97 Å². The maximum absolute atomic E-state index is 12.2. The van der Waals surface area contributed by atoms with Gasteiger partial charge in [-0.15, -0.1) is 0 Å². The molecule has 0 bridgehead atoms. The molecule has 0 heterocycles. The summed E-state index contributed by atoms with van der Waals surface area (Å²) in [6.45, 7) is 5.29. The fraction of sp³-hybridized carbons (Fsp3) is 0.429. The summed E-state index contributed by atoms with van der Waals surface area (Å²) in [5.41, 5.74) is 0.828. The number of carbonyl (C=O) groups is 2. The van der Waals surface area contributed by atoms with Gasteiger partial charge in [-0.1, -0.05) is 37.6 Å². The predicted molar refractivity (Wildman–Crippen MR) is 74.3 cm³/mol. The highest BCUT2D eigenvalue weighted by Gasteiger charge is 2.26. The molecule has 1 amide bonds. The lowest BCUT2D eigenvalue weighted by Crippen LogP contribution is -2.42. The van der Waals surface area contributed by atoms with Crippen molar-refractivity contribution in [3.05, 3.63) is 34.9 Å². The topological polar surface area (TPSA) is 66.4 Å². The Bertz CT molecular complexity index is 456. The molecular weight excluding hydrogens is 266 g/mol. The monoisotopic (exact) mass is 283 g/mol. The lowest BCUT2D eigenvalue weighted by molar-refractivity contribution is -0.141. The van der Waals surface area contributed by atoms with Crippen molar-refractivity contribution in [1.82, 2.24) is 5.32 Å². The summed E-state index contributed by atoms with van der Waals surface area (Å²) >= 11 is 5.82. The van der Waals surface area contributed by atoms with E-state index in [1.54, 1.807) is 24.3 Å². The molecule has 0 saturated carbocycles. The Morgan fingerprint density at radius 3 is 2.11 bits per heavy atom. The lowest BCUT2D eigenvalue weighted by Gasteiger charge is -2.22. The van der Waals surface area contributed by atoms with E-state index in [2.05, 4.69) is 5.32 Å². The van der Waals surface area contributed by atoms with E-state index in [9.17, 15) is 9.59 Å². The number of amides is 1. The molecule has 0 aliphatic heterocycles. The number of nitrogens with one attached hydrogen (secondary N) is 1. The third-order valence-electron chi connectivity index (χ3n) is 2.91. The van der Waals surface area contributed by atoms with Crippen LogP contribution >= 0.6 is 11.6 Å². The molecule has 4 nitrogen and oxygen atoms in total. The summed E-state index contributed by atoms with van der Waals surface area (Å²) in [5.74, 6) is -1.67. The van der Waals surface area contributed by atoms with Gasteiger partial charge < -0.3 is 10.4 Å². The fourth-order valence-electron chi connectivity index (χ4n) is 1.87. The van der Waals surface area contributed by atoms with E-state index < -0.39 is 12.0 Å². The molecule has 2 atom stereocenters. The van der Waals surface area contributed by atoms with Crippen molar-refractivity contribution in [1.29, 1.82) is 0 Å². The Labute approximate surface area is 117 Å². The van der Waals surface area contributed by atoms with Gasteiger partial charge in [-0.05, 0) is 30.5 Å². The second-order valence-electron chi connectivity index (χ2n) is 4.84. The highest BCUT2D eigenvalue weighted by molar-refractivity contribution is 6.30. The summed E-state index contributed by atoms with van der Waals surface area (Å²) in [4.78, 5) is 23.0. The van der Waals surface area contributed by atoms with Crippen LogP contribution in [0.15, 0.2) is 24.3 Å². The van der Waals surface area contributed by atoms with Crippen molar-refractivity contribution in [2.24, 2.45) is 5.92 Å². The number of carboxylic acids is 1. The number of rotatable bonds is 5. The summed E-state index contributed by atoms with van der Waals surface area (Å²) in [7, 11) is 0. The molecule has 0 spiro atoms. The zero-order valence-corrected chi connectivity index (χ0v) is 11.9. The Morgan fingerprint density at radius 1 is 1.16 bits per heavy atom. The van der Waals surface area contributed by atoms with E-state index in [0.29, 0.717) is 5.02 Å². The largest absolute Gasteiger partial charge is 0.480 e. The molecule has 104 valence electrons. The number of carboxylic acid groups (broad SMARTS) is 1. The number of aliphatic carboxylic acids is 1. The van der Waals surface area contributed by atoms with Gasteiger partial charge in [0.15, 0.2) is 0 Å². The van der Waals surface area contributed by atoms with Crippen LogP contribution in [-0.4, -0.2) is 23.0 Å². The van der Waals surface area contributed by atoms with Crippen molar-refractivity contribution in [3.8, 4) is 0 Å². The average Bonchev–Trinajstić information content (AvgIpc) is 2.31. The first kappa shape index (κ1) is 15.5. The van der Waals surface area contributed by atoms with Gasteiger partial charge in [0.2, 0.25) is 5.91 Å². The van der Waals surface area contributed by atoms with Gasteiger partial charge in [-0.3, -0.25) is 9.59 Å². The first-order chi connectivity index (χ1) is 8.82. The SMILES string of the molecule is CC(C)C(C(=O)N[C@H](C)C(=O)O)c1ccc(Cl)cc1. The number of benzene rings is 1. The molecule has 1 aromatic carbocycles. The van der Waals surface area contributed by atoms with Gasteiger partial charge in [0, 0.05) is 5.02 Å². The predicted octanol–water partition coefficient (Wildman–Crippen LogP) is 2.67. The van der Waals surface area contributed by atoms with Crippen LogP contribution in [0.4, 0.5) is 0 Å². The minimum atomic E-state index is -1.05. The Kier molecular flexibility index (Phi) is 5.36. The summed E-state index contributed by atoms with van der Waals surface area (Å²) in [6.07, 6.45) is 0. The molecule has 0 aromatic heterocycles. The van der Waals surface area contributed by atoms with Crippen LogP contribution in [0.25, 0.3) is 0 Å². The van der Waals surface area contributed by atoms with Crippen LogP contribution in [0, 0.1) is 5.92 Å². The van der Waals surface area contributed by atoms with Crippen LogP contribution in [0.5, 0.6) is 0 Å². The van der Waals surface area contributed by atoms with Crippen molar-refractivity contribution in [3.63, 3.8) is 0 Å². The summed E-state index contributed by atoms with van der Waals surface area (Å²) in [5, 5.41) is 11.9. The molecule has 2 N–H and O–H groups in total. The number of carbonyl (C=O) groups excluding carboxylic acids is 1. The van der Waals surface area contributed by atoms with Crippen LogP contribution < -0.4 is 5.32 Å². The Balaban J connectivity index is 2.92. The van der Waals surface area contributed by atoms with E-state index >= 15 is 0 Å². The molecule has 19 heavy (non-hydrogen) atoms. The third kappa shape index (κ3) is 4.24. The van der Waals surface area contributed by atoms with E-state index in [1.807, 2.05) is 13.8 Å². The molecule has 0 saturated heterocycles. The molecule has 0 fully saturated rings. The van der Waals surface area contributed by atoms with E-state index in [1.165, 1.54) is 6.92 Å². The standard InChI is InChI=1S/C14H18ClNO3/c1-8(2)12(10-4-6-11(15)7-5-10)13(17)16-9(3)14(18)19/h4-9,12H,1-3H3,(H,16,17)(H,18,19)/t9-,12?/m1/s1. The molecule has 0 radical (unpaired) electrons. The molecule has 1 rings (SSSR count). The van der Waals surface area contributed by atoms with E-state index in [4.69, 9.17) is 16.7 Å². The first-order valence-electron chi connectivity index (χ1n) is 6.11. The Hall–Kier alpha value is -1.55. The highest BCUT2D eigenvalue weighted by Crippen LogP contribution is 2.26. The third-order valence-corrected chi connectivity index (χ3v) is 3.16. The second kappa shape index (κ2) is 6.57. The highest BCUT2D eigenvalue weighted by atomic mass is 35.5. The molecule has 0 aliphatic rings. The average molecular weight is 284 g/mol. The van der Waals surface area contributed by atoms with Crippen molar-refractivity contribution in [2.75, 3.05) is 0 Å². The van der Waals surface area contributed by atoms with Crippen LogP contribution in [-0.2, 0) is 9.59 Å². The van der Waals surface area contributed by atoms with Gasteiger partial charge in [-0.2, -0.15) is 0 Å². The van der Waals surface area contributed by atoms with Crippen LogP contribution in [0.3, 0.4) is 0 Å². The number of hydrogen-bond donors (Lipinski definition) is 2. The molecular formula is C14H18ClNO3. The van der Waals surface area contributed by atoms with E-state index in [0.717, 1.165) is 5.56 Å². The van der Waals surface area contributed by atoms with Crippen molar-refractivity contribution >= 4 is 23.5 Å². The second-order valence-corrected chi connectivity index (χ2v) is 5.28. The minimum absolute atomic E-state index is 0.0576. The van der Waals surface area contributed by atoms with Gasteiger partial charge in [-0.25, -0.2) is 0 Å². The van der Waals surface area contributed by atoms with Crippen LogP contribution in [0.2, 0.25) is 5.02 Å². The molecule has 5 heteroatoms. The van der Waals surface area contributed by atoms with Crippen molar-refractivity contribution < 1.29 is 14.7 Å². The quantitative estimate of drug-likeness (QED) is 0.873. The number of halogens is 1. The maximum atomic E-state index is 12.2. The van der Waals surface area contributed by atoms with Crippen LogP contribution in [0.1, 0.15) is 32.3 Å². The molecule has 1 unspecified atom stereocenters. The zero-order valence-electron chi connectivity index (χ0n) is 11.2. The zero-order chi connectivity index (χ0) is 14.6. The van der Waals surface area contributed by atoms with Crippen molar-refractivity contribution in [2.45, 2.75) is 32.7 Å². The number of hydrogen-bond acceptors (Lipinski definition) is 2. The normalized spacial score (nSPS) is 13.9. The maximum Gasteiger partial charge on any atom is 0.325 e. The summed E-state index contributed by atoms with van der Waals surface area (Å²) < 4.78 is 0. The van der Waals surface area contributed by atoms with Gasteiger partial charge in [0.25, 0.3) is 0 Å². The fourth-order valence-corrected chi connectivity index (χ4v) is 2.00. The first-order valence-corrected chi connectivity index (χ1v) is 6.49. The van der Waals surface area contributed by atoms with Gasteiger partial charge in [0.1, 0.15) is 6.04 Å². The smallest absolute Gasteiger partial charge is 0.325 e. The minimum Gasteiger partial charge on any atom is -0.480 e. The Morgan fingerprint density at radius 2 is 1.68 bits per heavy atom. The van der Waals surface area contributed by atoms with Gasteiger partial charge in [0.05, 0.1) is 5.92 Å². The molecule has 0 aliphatic carbocycles. The lowest BCUT2D eigenvalue weighted by atomic mass is 9.87.